The standard InChI is InChI=1S/C12H23N3OS2/c1-10(17)14-9-12(18-2)11(13)3-4-15-5-7-16-8-6-15/h9-10,17H,3-8,13H2,1-2H3. The van der Waals surface area contributed by atoms with Crippen molar-refractivity contribution < 1.29 is 4.74 Å². The molecule has 1 fully saturated rings. The van der Waals surface area contributed by atoms with E-state index >= 15 is 0 Å². The summed E-state index contributed by atoms with van der Waals surface area (Å²) >= 11 is 5.86. The summed E-state index contributed by atoms with van der Waals surface area (Å²) in [5, 5.41) is 0.0131. The van der Waals surface area contributed by atoms with Gasteiger partial charge in [-0.25, -0.2) is 0 Å². The molecule has 0 aliphatic carbocycles. The van der Waals surface area contributed by atoms with Crippen LogP contribution < -0.4 is 5.73 Å². The molecule has 2 N–H and O–H groups in total. The first-order valence-corrected chi connectivity index (χ1v) is 7.91. The second-order valence-electron chi connectivity index (χ2n) is 4.21. The molecule has 1 unspecified atom stereocenters. The molecule has 1 saturated heterocycles. The van der Waals surface area contributed by atoms with Gasteiger partial charge in [-0.1, -0.05) is 0 Å². The smallest absolute Gasteiger partial charge is 0.0895 e. The van der Waals surface area contributed by atoms with E-state index < -0.39 is 0 Å². The molecule has 0 radical (unpaired) electrons. The molecule has 4 nitrogen and oxygen atoms in total. The number of aliphatic imine (C=N–C) groups is 1. The molecule has 1 atom stereocenters. The Labute approximate surface area is 119 Å². The van der Waals surface area contributed by atoms with Crippen LogP contribution >= 0.6 is 24.4 Å². The Hall–Kier alpha value is -0.170. The van der Waals surface area contributed by atoms with E-state index in [2.05, 4.69) is 22.5 Å². The summed E-state index contributed by atoms with van der Waals surface area (Å²) in [4.78, 5) is 7.69. The van der Waals surface area contributed by atoms with Crippen LogP contribution in [0, 0.1) is 0 Å². The highest BCUT2D eigenvalue weighted by Crippen LogP contribution is 2.15. The number of thiol groups is 1. The van der Waals surface area contributed by atoms with Gasteiger partial charge in [0.05, 0.1) is 18.6 Å². The van der Waals surface area contributed by atoms with Crippen molar-refractivity contribution in [3.63, 3.8) is 0 Å². The zero-order chi connectivity index (χ0) is 13.4. The summed E-state index contributed by atoms with van der Waals surface area (Å²) in [6.45, 7) is 6.59. The van der Waals surface area contributed by atoms with Crippen LogP contribution in [0.3, 0.4) is 0 Å². The lowest BCUT2D eigenvalue weighted by Crippen LogP contribution is -2.37. The van der Waals surface area contributed by atoms with Gasteiger partial charge in [0.2, 0.25) is 0 Å². The highest BCUT2D eigenvalue weighted by atomic mass is 32.2. The van der Waals surface area contributed by atoms with Crippen LogP contribution in [0.5, 0.6) is 0 Å². The van der Waals surface area contributed by atoms with Gasteiger partial charge in [-0.3, -0.25) is 9.89 Å². The topological polar surface area (TPSA) is 50.8 Å². The van der Waals surface area contributed by atoms with E-state index in [1.165, 1.54) is 0 Å². The first-order valence-electron chi connectivity index (χ1n) is 6.17. The van der Waals surface area contributed by atoms with Crippen molar-refractivity contribution in [1.82, 2.24) is 4.90 Å². The largest absolute Gasteiger partial charge is 0.401 e. The molecular formula is C12H23N3OS2. The molecule has 104 valence electrons. The van der Waals surface area contributed by atoms with Crippen LogP contribution in [-0.2, 0) is 4.74 Å². The van der Waals surface area contributed by atoms with Gasteiger partial charge in [0, 0.05) is 42.9 Å². The molecule has 0 aromatic heterocycles. The summed E-state index contributed by atoms with van der Waals surface area (Å²) in [6.07, 6.45) is 4.73. The Morgan fingerprint density at radius 2 is 2.22 bits per heavy atom. The molecule has 1 rings (SSSR count). The van der Waals surface area contributed by atoms with Gasteiger partial charge < -0.3 is 10.5 Å². The predicted octanol–water partition coefficient (Wildman–Crippen LogP) is 1.59. The van der Waals surface area contributed by atoms with Gasteiger partial charge in [-0.15, -0.1) is 11.8 Å². The number of hydrogen-bond donors (Lipinski definition) is 2. The van der Waals surface area contributed by atoms with Crippen LogP contribution in [0.15, 0.2) is 15.6 Å². The number of thioether (sulfide) groups is 1. The third kappa shape index (κ3) is 6.13. The second kappa shape index (κ2) is 8.85. The summed E-state index contributed by atoms with van der Waals surface area (Å²) in [5.41, 5.74) is 7.03. The summed E-state index contributed by atoms with van der Waals surface area (Å²) in [5.74, 6) is 0. The van der Waals surface area contributed by atoms with Crippen LogP contribution in [0.25, 0.3) is 0 Å². The molecule has 0 spiro atoms. The molecule has 1 aliphatic rings. The monoisotopic (exact) mass is 289 g/mol. The molecule has 0 amide bonds. The van der Waals surface area contributed by atoms with E-state index in [9.17, 15) is 0 Å². The van der Waals surface area contributed by atoms with Gasteiger partial charge in [-0.2, -0.15) is 12.6 Å². The average Bonchev–Trinajstić information content (AvgIpc) is 2.38. The molecule has 0 aromatic rings. The first kappa shape index (κ1) is 15.9. The molecule has 6 heteroatoms. The van der Waals surface area contributed by atoms with Gasteiger partial charge >= 0.3 is 0 Å². The van der Waals surface area contributed by atoms with E-state index in [1.54, 1.807) is 11.8 Å². The fourth-order valence-corrected chi connectivity index (χ4v) is 2.27. The SMILES string of the molecule is CSC(C=NC(C)S)=C(N)CCN1CCOCC1. The zero-order valence-corrected chi connectivity index (χ0v) is 12.8. The number of morpholine rings is 1. The number of hydrogen-bond acceptors (Lipinski definition) is 6. The number of allylic oxidation sites excluding steroid dienone is 1. The highest BCUT2D eigenvalue weighted by Gasteiger charge is 2.10. The maximum atomic E-state index is 6.12. The van der Waals surface area contributed by atoms with Crippen LogP contribution in [0.4, 0.5) is 0 Å². The minimum Gasteiger partial charge on any atom is -0.401 e. The average molecular weight is 289 g/mol. The van der Waals surface area contributed by atoms with Gasteiger partial charge in [0.25, 0.3) is 0 Å². The van der Waals surface area contributed by atoms with Crippen molar-refractivity contribution in [2.24, 2.45) is 10.7 Å². The van der Waals surface area contributed by atoms with Crippen LogP contribution in [0.1, 0.15) is 13.3 Å². The van der Waals surface area contributed by atoms with Crippen molar-refractivity contribution in [1.29, 1.82) is 0 Å². The van der Waals surface area contributed by atoms with E-state index in [4.69, 9.17) is 10.5 Å². The van der Waals surface area contributed by atoms with Gasteiger partial charge in [-0.05, 0) is 13.2 Å². The number of rotatable bonds is 6. The van der Waals surface area contributed by atoms with Crippen molar-refractivity contribution in [3.8, 4) is 0 Å². The molecular weight excluding hydrogens is 266 g/mol. The minimum absolute atomic E-state index is 0.0131. The molecule has 0 saturated carbocycles. The quantitative estimate of drug-likeness (QED) is 0.576. The molecule has 1 heterocycles. The van der Waals surface area contributed by atoms with E-state index in [0.717, 1.165) is 49.9 Å². The van der Waals surface area contributed by atoms with Crippen LogP contribution in [-0.4, -0.2) is 55.6 Å². The number of ether oxygens (including phenoxy) is 1. The fraction of sp³-hybridized carbons (Fsp3) is 0.750. The van der Waals surface area contributed by atoms with Crippen molar-refractivity contribution >= 4 is 30.6 Å². The molecule has 1 aliphatic heterocycles. The Morgan fingerprint density at radius 3 is 2.78 bits per heavy atom. The Balaban J connectivity index is 2.45. The summed E-state index contributed by atoms with van der Waals surface area (Å²) in [6, 6.07) is 0. The van der Waals surface area contributed by atoms with Crippen molar-refractivity contribution in [2.45, 2.75) is 18.7 Å². The Morgan fingerprint density at radius 1 is 1.56 bits per heavy atom. The van der Waals surface area contributed by atoms with Gasteiger partial charge in [0.15, 0.2) is 0 Å². The van der Waals surface area contributed by atoms with E-state index in [1.807, 2.05) is 19.4 Å². The number of nitrogens with zero attached hydrogens (tertiary/aromatic N) is 2. The normalized spacial score (nSPS) is 21.1. The Kier molecular flexibility index (Phi) is 7.81. The molecule has 0 bridgehead atoms. The molecule has 18 heavy (non-hydrogen) atoms. The zero-order valence-electron chi connectivity index (χ0n) is 11.1. The summed E-state index contributed by atoms with van der Waals surface area (Å²) in [7, 11) is 0. The maximum Gasteiger partial charge on any atom is 0.0895 e. The minimum atomic E-state index is 0.0131. The fourth-order valence-electron chi connectivity index (χ4n) is 1.67. The lowest BCUT2D eigenvalue weighted by atomic mass is 10.2. The first-order chi connectivity index (χ1) is 8.63. The highest BCUT2D eigenvalue weighted by molar-refractivity contribution is 8.03. The lowest BCUT2D eigenvalue weighted by Gasteiger charge is -2.26. The van der Waals surface area contributed by atoms with Gasteiger partial charge in [0.1, 0.15) is 0 Å². The van der Waals surface area contributed by atoms with Crippen molar-refractivity contribution in [2.75, 3.05) is 39.1 Å². The Bertz CT molecular complexity index is 300. The van der Waals surface area contributed by atoms with E-state index in [-0.39, 0.29) is 5.37 Å². The lowest BCUT2D eigenvalue weighted by molar-refractivity contribution is 0.0384. The molecule has 0 aromatic carbocycles. The maximum absolute atomic E-state index is 6.12. The third-order valence-corrected chi connectivity index (χ3v) is 3.69. The van der Waals surface area contributed by atoms with Crippen LogP contribution in [0.2, 0.25) is 0 Å². The van der Waals surface area contributed by atoms with Crippen molar-refractivity contribution in [3.05, 3.63) is 10.6 Å². The predicted molar refractivity (Wildman–Crippen MR) is 83.5 cm³/mol. The second-order valence-corrected chi connectivity index (χ2v) is 5.80. The third-order valence-electron chi connectivity index (χ3n) is 2.75. The van der Waals surface area contributed by atoms with E-state index in [0.29, 0.717) is 0 Å². The number of nitrogens with two attached hydrogens (primary N) is 1. The summed E-state index contributed by atoms with van der Waals surface area (Å²) < 4.78 is 5.32.